The molecule has 0 saturated heterocycles. The summed E-state index contributed by atoms with van der Waals surface area (Å²) in [7, 11) is -3.91. The maximum Gasteiger partial charge on any atom is 0.271 e. The molecule has 0 aliphatic heterocycles. The molecule has 0 amide bonds. The molecule has 0 unspecified atom stereocenters. The fraction of sp³-hybridized carbons (Fsp3) is 0.333. The van der Waals surface area contributed by atoms with Crippen molar-refractivity contribution in [3.63, 3.8) is 0 Å². The quantitative estimate of drug-likeness (QED) is 0.528. The Labute approximate surface area is 165 Å². The van der Waals surface area contributed by atoms with Crippen molar-refractivity contribution in [3.05, 3.63) is 69.3 Å². The zero-order valence-corrected chi connectivity index (χ0v) is 16.9. The Hall–Kier alpha value is -2.00. The van der Waals surface area contributed by atoms with Crippen LogP contribution < -0.4 is 5.73 Å². The van der Waals surface area contributed by atoms with Crippen LogP contribution in [0, 0.1) is 24.0 Å². The van der Waals surface area contributed by atoms with E-state index in [1.165, 1.54) is 10.4 Å². The molecule has 2 aromatic carbocycles. The van der Waals surface area contributed by atoms with E-state index in [2.05, 4.69) is 0 Å². The molecular weight excluding hydrogens is 390 g/mol. The van der Waals surface area contributed by atoms with Gasteiger partial charge in [0.05, 0.1) is 9.82 Å². The first-order valence-electron chi connectivity index (χ1n) is 8.27. The summed E-state index contributed by atoms with van der Waals surface area (Å²) in [6.07, 6.45) is 0.499. The average molecular weight is 414 g/mol. The van der Waals surface area contributed by atoms with Gasteiger partial charge in [0.2, 0.25) is 10.0 Å². The summed E-state index contributed by atoms with van der Waals surface area (Å²) in [6.45, 7) is 4.12. The van der Waals surface area contributed by atoms with Crippen molar-refractivity contribution in [1.29, 1.82) is 0 Å². The molecule has 2 rings (SSSR count). The number of sulfonamides is 1. The standard InChI is InChI=1S/C18H23N3O4S.ClH/c1-14-11-17(21(22)23)12-18(15(14)2)26(24,25)20(10-6-9-19)13-16-7-4-3-5-8-16;/h3-5,7-8,11-12H,6,9-10,13,19H2,1-2H3;1H. The first kappa shape index (κ1) is 23.0. The molecule has 0 fully saturated rings. The molecule has 0 spiro atoms. The average Bonchev–Trinajstić information content (AvgIpc) is 2.61. The summed E-state index contributed by atoms with van der Waals surface area (Å²) in [5.41, 5.74) is 7.25. The number of nitro groups is 1. The molecule has 0 aromatic heterocycles. The minimum Gasteiger partial charge on any atom is -0.330 e. The third-order valence-electron chi connectivity index (χ3n) is 4.25. The van der Waals surface area contributed by atoms with Crippen molar-refractivity contribution in [3.8, 4) is 0 Å². The van der Waals surface area contributed by atoms with Gasteiger partial charge in [0.1, 0.15) is 0 Å². The number of hydrogen-bond donors (Lipinski definition) is 1. The smallest absolute Gasteiger partial charge is 0.271 e. The lowest BCUT2D eigenvalue weighted by molar-refractivity contribution is -0.385. The normalized spacial score (nSPS) is 11.3. The molecule has 0 radical (unpaired) electrons. The molecule has 27 heavy (non-hydrogen) atoms. The molecule has 0 saturated carbocycles. The lowest BCUT2D eigenvalue weighted by atomic mass is 10.1. The number of nitro benzene ring substituents is 1. The Bertz CT molecular complexity index is 889. The molecule has 0 atom stereocenters. The van der Waals surface area contributed by atoms with E-state index in [1.807, 2.05) is 30.3 Å². The molecule has 0 aliphatic rings. The van der Waals surface area contributed by atoms with E-state index >= 15 is 0 Å². The van der Waals surface area contributed by atoms with Gasteiger partial charge in [0, 0.05) is 25.2 Å². The van der Waals surface area contributed by atoms with Crippen LogP contribution in [0.2, 0.25) is 0 Å². The third-order valence-corrected chi connectivity index (χ3v) is 6.22. The first-order chi connectivity index (χ1) is 12.3. The van der Waals surface area contributed by atoms with Gasteiger partial charge in [-0.2, -0.15) is 4.31 Å². The number of halogens is 1. The van der Waals surface area contributed by atoms with E-state index in [1.54, 1.807) is 13.8 Å². The van der Waals surface area contributed by atoms with Crippen LogP contribution in [0.4, 0.5) is 5.69 Å². The number of aryl methyl sites for hydroxylation is 1. The number of nitrogens with zero attached hydrogens (tertiary/aromatic N) is 2. The SMILES string of the molecule is Cc1cc([N+](=O)[O-])cc(S(=O)(=O)N(CCCN)Cc2ccccc2)c1C.Cl. The van der Waals surface area contributed by atoms with Gasteiger partial charge in [-0.15, -0.1) is 12.4 Å². The van der Waals surface area contributed by atoms with Gasteiger partial charge in [-0.05, 0) is 43.5 Å². The molecule has 0 aliphatic carbocycles. The van der Waals surface area contributed by atoms with Crippen molar-refractivity contribution >= 4 is 28.1 Å². The Morgan fingerprint density at radius 3 is 2.33 bits per heavy atom. The van der Waals surface area contributed by atoms with Crippen molar-refractivity contribution in [1.82, 2.24) is 4.31 Å². The Morgan fingerprint density at radius 1 is 1.15 bits per heavy atom. The van der Waals surface area contributed by atoms with E-state index in [0.29, 0.717) is 24.1 Å². The van der Waals surface area contributed by atoms with Crippen LogP contribution in [0.5, 0.6) is 0 Å². The summed E-state index contributed by atoms with van der Waals surface area (Å²) < 4.78 is 27.8. The van der Waals surface area contributed by atoms with E-state index in [0.717, 1.165) is 11.6 Å². The van der Waals surface area contributed by atoms with Crippen molar-refractivity contribution < 1.29 is 13.3 Å². The number of nitrogens with two attached hydrogens (primary N) is 1. The largest absolute Gasteiger partial charge is 0.330 e. The second-order valence-electron chi connectivity index (χ2n) is 6.11. The number of non-ortho nitro benzene ring substituents is 1. The second-order valence-corrected chi connectivity index (χ2v) is 8.02. The highest BCUT2D eigenvalue weighted by Gasteiger charge is 2.28. The third kappa shape index (κ3) is 5.49. The number of hydrogen-bond acceptors (Lipinski definition) is 5. The van der Waals surface area contributed by atoms with Crippen LogP contribution >= 0.6 is 12.4 Å². The molecule has 148 valence electrons. The predicted octanol–water partition coefficient (Wildman–Crippen LogP) is 3.17. The second kappa shape index (κ2) is 9.80. The van der Waals surface area contributed by atoms with Crippen LogP contribution in [0.15, 0.2) is 47.4 Å². The van der Waals surface area contributed by atoms with E-state index in [-0.39, 0.29) is 36.1 Å². The molecule has 0 heterocycles. The van der Waals surface area contributed by atoms with Gasteiger partial charge in [-0.1, -0.05) is 30.3 Å². The van der Waals surface area contributed by atoms with Gasteiger partial charge in [-0.25, -0.2) is 8.42 Å². The van der Waals surface area contributed by atoms with E-state index in [9.17, 15) is 18.5 Å². The predicted molar refractivity (Wildman–Crippen MR) is 108 cm³/mol. The summed E-state index contributed by atoms with van der Waals surface area (Å²) in [5, 5.41) is 11.2. The highest BCUT2D eigenvalue weighted by atomic mass is 35.5. The van der Waals surface area contributed by atoms with E-state index in [4.69, 9.17) is 5.73 Å². The Kier molecular flexibility index (Phi) is 8.36. The van der Waals surface area contributed by atoms with Crippen LogP contribution in [-0.2, 0) is 16.6 Å². The minimum atomic E-state index is -3.91. The zero-order chi connectivity index (χ0) is 19.3. The molecule has 0 bridgehead atoms. The highest BCUT2D eigenvalue weighted by Crippen LogP contribution is 2.28. The summed E-state index contributed by atoms with van der Waals surface area (Å²) in [5.74, 6) is 0. The highest BCUT2D eigenvalue weighted by molar-refractivity contribution is 7.89. The van der Waals surface area contributed by atoms with Gasteiger partial charge >= 0.3 is 0 Å². The minimum absolute atomic E-state index is 0. The van der Waals surface area contributed by atoms with Gasteiger partial charge in [0.25, 0.3) is 5.69 Å². The van der Waals surface area contributed by atoms with Crippen LogP contribution in [0.25, 0.3) is 0 Å². The maximum atomic E-state index is 13.3. The Balaban J connectivity index is 0.00000364. The van der Waals surface area contributed by atoms with Gasteiger partial charge in [-0.3, -0.25) is 10.1 Å². The number of benzene rings is 2. The van der Waals surface area contributed by atoms with Crippen LogP contribution in [0.3, 0.4) is 0 Å². The molecule has 9 heteroatoms. The molecule has 2 N–H and O–H groups in total. The topological polar surface area (TPSA) is 107 Å². The van der Waals surface area contributed by atoms with Crippen LogP contribution in [-0.4, -0.2) is 30.7 Å². The number of rotatable bonds is 8. The Morgan fingerprint density at radius 2 is 1.78 bits per heavy atom. The molecule has 7 nitrogen and oxygen atoms in total. The fourth-order valence-electron chi connectivity index (χ4n) is 2.66. The fourth-order valence-corrected chi connectivity index (χ4v) is 4.44. The molecular formula is C18H24ClN3O4S. The van der Waals surface area contributed by atoms with Crippen LogP contribution in [0.1, 0.15) is 23.1 Å². The monoisotopic (exact) mass is 413 g/mol. The lowest BCUT2D eigenvalue weighted by Gasteiger charge is -2.23. The van der Waals surface area contributed by atoms with Crippen molar-refractivity contribution in [2.24, 2.45) is 5.73 Å². The summed E-state index contributed by atoms with van der Waals surface area (Å²) >= 11 is 0. The maximum absolute atomic E-state index is 13.3. The van der Waals surface area contributed by atoms with Crippen molar-refractivity contribution in [2.75, 3.05) is 13.1 Å². The lowest BCUT2D eigenvalue weighted by Crippen LogP contribution is -2.33. The van der Waals surface area contributed by atoms with Gasteiger partial charge < -0.3 is 5.73 Å². The van der Waals surface area contributed by atoms with E-state index < -0.39 is 14.9 Å². The summed E-state index contributed by atoms with van der Waals surface area (Å²) in [4.78, 5) is 10.6. The van der Waals surface area contributed by atoms with Crippen molar-refractivity contribution in [2.45, 2.75) is 31.7 Å². The zero-order valence-electron chi connectivity index (χ0n) is 15.3. The molecule has 2 aromatic rings. The first-order valence-corrected chi connectivity index (χ1v) is 9.71. The summed E-state index contributed by atoms with van der Waals surface area (Å²) in [6, 6.07) is 11.7. The van der Waals surface area contributed by atoms with Gasteiger partial charge in [0.15, 0.2) is 0 Å².